The van der Waals surface area contributed by atoms with Crippen molar-refractivity contribution in [1.82, 2.24) is 4.98 Å². The van der Waals surface area contributed by atoms with Gasteiger partial charge in [0.25, 0.3) is 0 Å². The van der Waals surface area contributed by atoms with Crippen molar-refractivity contribution in [2.24, 2.45) is 0 Å². The molecule has 1 fully saturated rings. The molecule has 0 unspecified atom stereocenters. The minimum Gasteiger partial charge on any atom is -0.380 e. The van der Waals surface area contributed by atoms with E-state index < -0.39 is 0 Å². The average molecular weight is 288 g/mol. The van der Waals surface area contributed by atoms with Crippen LogP contribution in [0.5, 0.6) is 0 Å². The van der Waals surface area contributed by atoms with Crippen molar-refractivity contribution in [1.29, 1.82) is 0 Å². The number of hydrogen-bond donors (Lipinski definition) is 1. The summed E-state index contributed by atoms with van der Waals surface area (Å²) in [5.41, 5.74) is 3.66. The van der Waals surface area contributed by atoms with Gasteiger partial charge in [0.05, 0.1) is 11.9 Å². The summed E-state index contributed by atoms with van der Waals surface area (Å²) in [5, 5.41) is 3.93. The molecule has 1 N–H and O–H groups in total. The van der Waals surface area contributed by atoms with Gasteiger partial charge in [0.2, 0.25) is 0 Å². The maximum absolute atomic E-state index is 5.79. The fourth-order valence-electron chi connectivity index (χ4n) is 2.60. The summed E-state index contributed by atoms with van der Waals surface area (Å²) >= 11 is 5.79. The second kappa shape index (κ2) is 6.14. The van der Waals surface area contributed by atoms with Gasteiger partial charge in [-0.15, -0.1) is 0 Å². The molecule has 0 saturated carbocycles. The molecule has 1 aliphatic rings. The molecule has 1 aromatic heterocycles. The minimum atomic E-state index is 0.521. The van der Waals surface area contributed by atoms with Crippen LogP contribution in [0.4, 0.5) is 11.4 Å². The monoisotopic (exact) mass is 287 g/mol. The van der Waals surface area contributed by atoms with Crippen LogP contribution in [0.1, 0.15) is 18.4 Å². The summed E-state index contributed by atoms with van der Waals surface area (Å²) in [6.45, 7) is 3.13. The summed E-state index contributed by atoms with van der Waals surface area (Å²) in [6, 6.07) is 12.4. The Morgan fingerprint density at radius 3 is 2.65 bits per heavy atom. The summed E-state index contributed by atoms with van der Waals surface area (Å²) < 4.78 is 0. The van der Waals surface area contributed by atoms with Gasteiger partial charge in [-0.3, -0.25) is 0 Å². The topological polar surface area (TPSA) is 28.2 Å². The van der Waals surface area contributed by atoms with Crippen molar-refractivity contribution in [3.05, 3.63) is 53.3 Å². The molecule has 20 heavy (non-hydrogen) atoms. The summed E-state index contributed by atoms with van der Waals surface area (Å²) in [5.74, 6) is 0. The van der Waals surface area contributed by atoms with Crippen LogP contribution >= 0.6 is 11.6 Å². The number of aromatic nitrogens is 1. The van der Waals surface area contributed by atoms with E-state index in [1.807, 2.05) is 6.07 Å². The summed E-state index contributed by atoms with van der Waals surface area (Å²) in [6.07, 6.45) is 4.35. The molecule has 2 aromatic rings. The largest absolute Gasteiger partial charge is 0.380 e. The molecule has 0 amide bonds. The van der Waals surface area contributed by atoms with Crippen molar-refractivity contribution < 1.29 is 0 Å². The van der Waals surface area contributed by atoms with E-state index in [-0.39, 0.29) is 0 Å². The predicted molar refractivity (Wildman–Crippen MR) is 84.5 cm³/mol. The average Bonchev–Trinajstić information content (AvgIpc) is 3.01. The number of halogens is 1. The highest BCUT2D eigenvalue weighted by atomic mass is 35.5. The standard InChI is InChI=1S/C16H18ClN3/c17-16-8-7-14(12-19-16)18-11-13-5-1-2-6-15(13)20-9-3-4-10-20/h1-2,5-8,12,18H,3-4,9-11H2. The Balaban J connectivity index is 1.72. The quantitative estimate of drug-likeness (QED) is 0.863. The molecule has 1 saturated heterocycles. The second-order valence-electron chi connectivity index (χ2n) is 5.05. The van der Waals surface area contributed by atoms with E-state index in [1.165, 1.54) is 37.2 Å². The first-order valence-corrected chi connectivity index (χ1v) is 7.39. The van der Waals surface area contributed by atoms with Gasteiger partial charge in [0.1, 0.15) is 5.15 Å². The molecule has 3 nitrogen and oxygen atoms in total. The third-order valence-electron chi connectivity index (χ3n) is 3.65. The van der Waals surface area contributed by atoms with Gasteiger partial charge in [0, 0.05) is 25.3 Å². The number of para-hydroxylation sites is 1. The van der Waals surface area contributed by atoms with E-state index in [9.17, 15) is 0 Å². The first-order valence-electron chi connectivity index (χ1n) is 7.01. The smallest absolute Gasteiger partial charge is 0.129 e. The highest BCUT2D eigenvalue weighted by Crippen LogP contribution is 2.25. The zero-order chi connectivity index (χ0) is 13.8. The lowest BCUT2D eigenvalue weighted by atomic mass is 10.1. The first-order chi connectivity index (χ1) is 9.83. The molecule has 1 aromatic carbocycles. The van der Waals surface area contributed by atoms with Crippen LogP contribution in [0.3, 0.4) is 0 Å². The van der Waals surface area contributed by atoms with Gasteiger partial charge in [-0.1, -0.05) is 29.8 Å². The van der Waals surface area contributed by atoms with Gasteiger partial charge < -0.3 is 10.2 Å². The first kappa shape index (κ1) is 13.3. The molecular weight excluding hydrogens is 270 g/mol. The minimum absolute atomic E-state index is 0.521. The lowest BCUT2D eigenvalue weighted by Gasteiger charge is -2.21. The van der Waals surface area contributed by atoms with Gasteiger partial charge >= 0.3 is 0 Å². The number of anilines is 2. The molecule has 0 atom stereocenters. The molecule has 3 rings (SSSR count). The second-order valence-corrected chi connectivity index (χ2v) is 5.43. The maximum Gasteiger partial charge on any atom is 0.129 e. The zero-order valence-electron chi connectivity index (χ0n) is 11.3. The Hall–Kier alpha value is -1.74. The van der Waals surface area contributed by atoms with Crippen molar-refractivity contribution in [3.8, 4) is 0 Å². The lowest BCUT2D eigenvalue weighted by Crippen LogP contribution is -2.19. The van der Waals surface area contributed by atoms with Gasteiger partial charge in [-0.25, -0.2) is 4.98 Å². The number of benzene rings is 1. The fourth-order valence-corrected chi connectivity index (χ4v) is 2.72. The van der Waals surface area contributed by atoms with E-state index in [0.717, 1.165) is 12.2 Å². The van der Waals surface area contributed by atoms with Crippen LogP contribution < -0.4 is 10.2 Å². The molecule has 0 aliphatic carbocycles. The number of pyridine rings is 1. The molecule has 0 bridgehead atoms. The van der Waals surface area contributed by atoms with Gasteiger partial charge in [-0.05, 0) is 36.6 Å². The summed E-state index contributed by atoms with van der Waals surface area (Å²) in [4.78, 5) is 6.55. The molecule has 4 heteroatoms. The van der Waals surface area contributed by atoms with Crippen LogP contribution in [0, 0.1) is 0 Å². The van der Waals surface area contributed by atoms with Gasteiger partial charge in [-0.2, -0.15) is 0 Å². The Labute approximate surface area is 124 Å². The van der Waals surface area contributed by atoms with Crippen LogP contribution in [-0.4, -0.2) is 18.1 Å². The normalized spacial score (nSPS) is 14.6. The Morgan fingerprint density at radius 2 is 1.90 bits per heavy atom. The van der Waals surface area contributed by atoms with Crippen LogP contribution in [-0.2, 0) is 6.54 Å². The molecule has 1 aliphatic heterocycles. The highest BCUT2D eigenvalue weighted by Gasteiger charge is 2.14. The fraction of sp³-hybridized carbons (Fsp3) is 0.312. The Bertz CT molecular complexity index is 562. The third kappa shape index (κ3) is 3.05. The molecule has 2 heterocycles. The number of rotatable bonds is 4. The van der Waals surface area contributed by atoms with Crippen molar-refractivity contribution >= 4 is 23.0 Å². The lowest BCUT2D eigenvalue weighted by molar-refractivity contribution is 0.949. The van der Waals surface area contributed by atoms with Gasteiger partial charge in [0.15, 0.2) is 0 Å². The number of nitrogens with zero attached hydrogens (tertiary/aromatic N) is 2. The van der Waals surface area contributed by atoms with Crippen molar-refractivity contribution in [2.75, 3.05) is 23.3 Å². The van der Waals surface area contributed by atoms with Crippen LogP contribution in [0.15, 0.2) is 42.6 Å². The predicted octanol–water partition coefficient (Wildman–Crippen LogP) is 3.95. The molecular formula is C16H18ClN3. The summed E-state index contributed by atoms with van der Waals surface area (Å²) in [7, 11) is 0. The van der Waals surface area contributed by atoms with Crippen molar-refractivity contribution in [3.63, 3.8) is 0 Å². The maximum atomic E-state index is 5.79. The molecule has 104 valence electrons. The van der Waals surface area contributed by atoms with Crippen molar-refractivity contribution in [2.45, 2.75) is 19.4 Å². The zero-order valence-corrected chi connectivity index (χ0v) is 12.1. The Morgan fingerprint density at radius 1 is 1.10 bits per heavy atom. The number of hydrogen-bond acceptors (Lipinski definition) is 3. The molecule has 0 spiro atoms. The van der Waals surface area contributed by atoms with E-state index >= 15 is 0 Å². The number of nitrogens with one attached hydrogen (secondary N) is 1. The van der Waals surface area contributed by atoms with E-state index in [1.54, 1.807) is 12.3 Å². The van der Waals surface area contributed by atoms with E-state index in [4.69, 9.17) is 11.6 Å². The van der Waals surface area contributed by atoms with Crippen LogP contribution in [0.2, 0.25) is 5.15 Å². The SMILES string of the molecule is Clc1ccc(NCc2ccccc2N2CCCC2)cn1. The molecule has 0 radical (unpaired) electrons. The van der Waals surface area contributed by atoms with Crippen LogP contribution in [0.25, 0.3) is 0 Å². The Kier molecular flexibility index (Phi) is 4.07. The van der Waals surface area contributed by atoms with E-state index in [2.05, 4.69) is 39.5 Å². The third-order valence-corrected chi connectivity index (χ3v) is 3.87. The highest BCUT2D eigenvalue weighted by molar-refractivity contribution is 6.29. The van der Waals surface area contributed by atoms with E-state index in [0.29, 0.717) is 5.15 Å².